The summed E-state index contributed by atoms with van der Waals surface area (Å²) in [5.74, 6) is 3.15. The molecule has 7 fully saturated rings. The quantitative estimate of drug-likeness (QED) is 0.269. The topological polar surface area (TPSA) is 34.2 Å². The largest absolute Gasteiger partial charge is 0.372 e. The summed E-state index contributed by atoms with van der Waals surface area (Å²) < 4.78 is 21.8. The molecule has 3 saturated heterocycles. The Morgan fingerprint density at radius 1 is 0.534 bits per heavy atom. The van der Waals surface area contributed by atoms with Gasteiger partial charge in [-0.15, -0.1) is 0 Å². The first-order chi connectivity index (χ1) is 27.3. The van der Waals surface area contributed by atoms with Gasteiger partial charge in [-0.25, -0.2) is 0 Å². The number of hydrogen-bond acceptors (Lipinski definition) is 5. The normalized spacial score (nSPS) is 40.1. The molecule has 0 aromatic heterocycles. The third-order valence-corrected chi connectivity index (χ3v) is 17.6. The number of fused-ring (bicyclic) bond motifs is 8. The van der Waals surface area contributed by atoms with Crippen molar-refractivity contribution < 1.29 is 14.2 Å². The van der Waals surface area contributed by atoms with Crippen LogP contribution in [0.2, 0.25) is 5.82 Å². The molecule has 5 nitrogen and oxygen atoms in total. The predicted molar refractivity (Wildman–Crippen MR) is 240 cm³/mol. The number of ether oxygens (including phenoxy) is 3. The summed E-state index contributed by atoms with van der Waals surface area (Å²) in [6.45, 7) is 29.8. The molecule has 4 aliphatic carbocycles. The fourth-order valence-electron chi connectivity index (χ4n) is 14.3. The molecule has 316 valence electrons. The zero-order valence-electron chi connectivity index (χ0n) is 38.4. The van der Waals surface area contributed by atoms with E-state index in [9.17, 15) is 0 Å². The van der Waals surface area contributed by atoms with Gasteiger partial charge >= 0.3 is 0 Å². The molecule has 8 aliphatic rings. The Kier molecular flexibility index (Phi) is 9.59. The van der Waals surface area contributed by atoms with Gasteiger partial charge in [0.1, 0.15) is 0 Å². The molecule has 0 radical (unpaired) electrons. The van der Waals surface area contributed by atoms with Crippen molar-refractivity contribution in [3.63, 3.8) is 0 Å². The Morgan fingerprint density at radius 3 is 1.72 bits per heavy atom. The van der Waals surface area contributed by atoms with Crippen molar-refractivity contribution in [1.29, 1.82) is 0 Å². The maximum Gasteiger partial charge on any atom is 0.266 e. The van der Waals surface area contributed by atoms with E-state index in [1.54, 1.807) is 5.46 Å². The maximum absolute atomic E-state index is 7.65. The zero-order valence-corrected chi connectivity index (χ0v) is 38.4. The Bertz CT molecular complexity index is 1850. The molecular weight excluding hydrogens is 711 g/mol. The van der Waals surface area contributed by atoms with Crippen LogP contribution in [0, 0.1) is 34.5 Å². The summed E-state index contributed by atoms with van der Waals surface area (Å²) >= 11 is 0. The highest BCUT2D eigenvalue weighted by Gasteiger charge is 2.67. The van der Waals surface area contributed by atoms with Crippen LogP contribution in [0.4, 0.5) is 11.4 Å². The SMILES string of the molecule is CC(C)(C)c1ccc(N2c3cc(C(C)(C)C)ccc3B3C4C(CC(C(C)(C)C)CC42)C2CC(C(C)(C)C)CC4OC5CC6OC7CCCCC7OC6CC5N3C42)cc1. The average Bonchev–Trinajstić information content (AvgIpc) is 3.15. The highest BCUT2D eigenvalue weighted by Crippen LogP contribution is 2.63. The van der Waals surface area contributed by atoms with Crippen LogP contribution in [0.3, 0.4) is 0 Å². The van der Waals surface area contributed by atoms with Gasteiger partial charge in [0.25, 0.3) is 6.85 Å². The van der Waals surface area contributed by atoms with Gasteiger partial charge in [0, 0.05) is 35.9 Å². The second-order valence-electron chi connectivity index (χ2n) is 25.1. The van der Waals surface area contributed by atoms with Crippen molar-refractivity contribution >= 4 is 23.7 Å². The fraction of sp³-hybridized carbons (Fsp3) is 0.769. The lowest BCUT2D eigenvalue weighted by molar-refractivity contribution is -0.277. The molecule has 4 saturated carbocycles. The summed E-state index contributed by atoms with van der Waals surface area (Å²) in [5.41, 5.74) is 7.93. The first-order valence-electron chi connectivity index (χ1n) is 24.0. The summed E-state index contributed by atoms with van der Waals surface area (Å²) in [6.07, 6.45) is 13.3. The summed E-state index contributed by atoms with van der Waals surface area (Å²) in [7, 11) is 0. The molecular formula is C52H77BN2O3. The highest BCUT2D eigenvalue weighted by molar-refractivity contribution is 6.75. The lowest BCUT2D eigenvalue weighted by atomic mass is 9.30. The van der Waals surface area contributed by atoms with Gasteiger partial charge in [0.15, 0.2) is 0 Å². The second kappa shape index (κ2) is 13.8. The van der Waals surface area contributed by atoms with Crippen LogP contribution in [0.5, 0.6) is 0 Å². The third-order valence-electron chi connectivity index (χ3n) is 17.6. The summed E-state index contributed by atoms with van der Waals surface area (Å²) in [4.78, 5) is 6.09. The van der Waals surface area contributed by atoms with Crippen LogP contribution in [-0.4, -0.2) is 66.4 Å². The molecule has 58 heavy (non-hydrogen) atoms. The highest BCUT2D eigenvalue weighted by atomic mass is 16.6. The van der Waals surface area contributed by atoms with E-state index in [1.165, 1.54) is 61.0 Å². The minimum atomic E-state index is 0.0581. The lowest BCUT2D eigenvalue weighted by Gasteiger charge is -2.70. The van der Waals surface area contributed by atoms with Crippen LogP contribution in [-0.2, 0) is 25.0 Å². The molecule has 0 N–H and O–H groups in total. The first-order valence-corrected chi connectivity index (χ1v) is 24.0. The van der Waals surface area contributed by atoms with E-state index >= 15 is 0 Å². The number of hydrogen-bond donors (Lipinski definition) is 0. The third kappa shape index (κ3) is 6.61. The molecule has 2 aromatic rings. The van der Waals surface area contributed by atoms with Crippen LogP contribution in [0.15, 0.2) is 42.5 Å². The number of rotatable bonds is 1. The van der Waals surface area contributed by atoms with Crippen molar-refractivity contribution in [3.8, 4) is 0 Å². The second-order valence-corrected chi connectivity index (χ2v) is 25.1. The van der Waals surface area contributed by atoms with Crippen molar-refractivity contribution in [3.05, 3.63) is 53.6 Å². The van der Waals surface area contributed by atoms with Crippen molar-refractivity contribution in [2.45, 2.75) is 219 Å². The molecule has 14 atom stereocenters. The monoisotopic (exact) mass is 789 g/mol. The van der Waals surface area contributed by atoms with E-state index in [1.807, 2.05) is 0 Å². The minimum Gasteiger partial charge on any atom is -0.372 e. The molecule has 2 aromatic carbocycles. The smallest absolute Gasteiger partial charge is 0.266 e. The molecule has 0 bridgehead atoms. The van der Waals surface area contributed by atoms with Gasteiger partial charge in [0.05, 0.1) is 36.6 Å². The Balaban J connectivity index is 1.16. The number of benzene rings is 2. The van der Waals surface area contributed by atoms with Crippen LogP contribution >= 0.6 is 0 Å². The van der Waals surface area contributed by atoms with Gasteiger partial charge in [-0.3, -0.25) is 0 Å². The first kappa shape index (κ1) is 40.2. The van der Waals surface area contributed by atoms with E-state index in [0.29, 0.717) is 54.5 Å². The summed E-state index contributed by atoms with van der Waals surface area (Å²) in [6, 6.07) is 18.8. The minimum absolute atomic E-state index is 0.0581. The van der Waals surface area contributed by atoms with Crippen molar-refractivity contribution in [2.24, 2.45) is 34.5 Å². The van der Waals surface area contributed by atoms with E-state index < -0.39 is 0 Å². The number of anilines is 2. The van der Waals surface area contributed by atoms with Crippen LogP contribution < -0.4 is 10.4 Å². The molecule has 4 heterocycles. The Labute approximate surface area is 353 Å². The molecule has 6 heteroatoms. The maximum atomic E-state index is 7.65. The molecule has 0 spiro atoms. The Hall–Kier alpha value is -1.86. The van der Waals surface area contributed by atoms with E-state index in [4.69, 9.17) is 14.2 Å². The van der Waals surface area contributed by atoms with Gasteiger partial charge < -0.3 is 23.9 Å². The van der Waals surface area contributed by atoms with Crippen molar-refractivity contribution in [2.75, 3.05) is 4.90 Å². The molecule has 10 rings (SSSR count). The number of morpholine rings is 1. The predicted octanol–water partition coefficient (Wildman–Crippen LogP) is 11.2. The van der Waals surface area contributed by atoms with E-state index in [0.717, 1.165) is 25.7 Å². The average molecular weight is 789 g/mol. The van der Waals surface area contributed by atoms with Crippen LogP contribution in [0.25, 0.3) is 0 Å². The summed E-state index contributed by atoms with van der Waals surface area (Å²) in [5, 5.41) is 0. The van der Waals surface area contributed by atoms with Gasteiger partial charge in [-0.05, 0) is 131 Å². The van der Waals surface area contributed by atoms with Gasteiger partial charge in [0.2, 0.25) is 0 Å². The molecule has 0 amide bonds. The Morgan fingerprint density at radius 2 is 1.10 bits per heavy atom. The van der Waals surface area contributed by atoms with E-state index in [-0.39, 0.29) is 58.3 Å². The van der Waals surface area contributed by atoms with Gasteiger partial charge in [-0.2, -0.15) is 0 Å². The number of nitrogens with zero attached hydrogens (tertiary/aromatic N) is 2. The van der Waals surface area contributed by atoms with Crippen molar-refractivity contribution in [1.82, 2.24) is 4.81 Å². The molecule has 4 aliphatic heterocycles. The zero-order chi connectivity index (χ0) is 40.8. The standard InChI is InChI=1S/C52H77BN2O3/c1-49(2,3)30-17-20-34(21-18-30)54-38-25-31(50(4,5)6)19-22-37(38)53-47-35(23-32(26-40(47)54)51(7,8)9)36-24-33(52(10,11)12)27-46-48(36)55(53)39-28-44-45(29-43(39)58-46)57-42-16-14-13-15-41(42)56-44/h17-22,25,32-33,35-36,39-48H,13-16,23-24,26-29H2,1-12H3. The lowest BCUT2D eigenvalue weighted by Crippen LogP contribution is -2.80. The molecule has 14 unspecified atom stereocenters. The fourth-order valence-corrected chi connectivity index (χ4v) is 14.3. The van der Waals surface area contributed by atoms with E-state index in [2.05, 4.69) is 135 Å². The van der Waals surface area contributed by atoms with Gasteiger partial charge in [-0.1, -0.05) is 120 Å². The van der Waals surface area contributed by atoms with Crippen LogP contribution in [0.1, 0.15) is 158 Å².